The van der Waals surface area contributed by atoms with E-state index in [1.165, 1.54) is 0 Å². The fraction of sp³-hybridized carbons (Fsp3) is 0.529. The first-order valence-corrected chi connectivity index (χ1v) is 7.67. The summed E-state index contributed by atoms with van der Waals surface area (Å²) in [5.74, 6) is 0. The Kier molecular flexibility index (Phi) is 12.7. The number of benzene rings is 1. The first-order chi connectivity index (χ1) is 10.2. The molecule has 126 valence electrons. The Labute approximate surface area is 139 Å². The summed E-state index contributed by atoms with van der Waals surface area (Å²) in [6.07, 6.45) is 0.756. The number of rotatable bonds is 4. The number of carbonyl (C=O) groups excluding carboxylic acids is 1. The largest absolute Gasteiger partial charge is 0.379 e. The second-order valence-electron chi connectivity index (χ2n) is 5.15. The number of hydrogen-bond donors (Lipinski definition) is 2. The van der Waals surface area contributed by atoms with Gasteiger partial charge in [0.25, 0.3) is 0 Å². The third kappa shape index (κ3) is 10.4. The highest BCUT2D eigenvalue weighted by Crippen LogP contribution is 2.25. The van der Waals surface area contributed by atoms with Gasteiger partial charge in [0.2, 0.25) is 0 Å². The number of hydrogen-bond acceptors (Lipinski definition) is 4. The van der Waals surface area contributed by atoms with Gasteiger partial charge in [-0.2, -0.15) is 0 Å². The van der Waals surface area contributed by atoms with Crippen molar-refractivity contribution in [2.75, 3.05) is 19.0 Å². The second kappa shape index (κ2) is 12.2. The standard InChI is InChI=1S/C10H11ClN2O.C5H12O.C2H6/c1-7(12)8-3-2-4-9(11)10(8)13-5-6-14;1-5(2,3)6-4;1-2/h2-4,6,12-13H,5H2,1H3;1-4H3;1-2H3. The Morgan fingerprint density at radius 1 is 1.36 bits per heavy atom. The zero-order valence-electron chi connectivity index (χ0n) is 14.7. The second-order valence-corrected chi connectivity index (χ2v) is 5.56. The third-order valence-corrected chi connectivity index (χ3v) is 2.71. The predicted molar refractivity (Wildman–Crippen MR) is 96.6 cm³/mol. The van der Waals surface area contributed by atoms with Gasteiger partial charge in [0.15, 0.2) is 0 Å². The average Bonchev–Trinajstić information content (AvgIpc) is 2.47. The first kappa shape index (κ1) is 22.9. The lowest BCUT2D eigenvalue weighted by Crippen LogP contribution is -2.15. The molecule has 0 radical (unpaired) electrons. The topological polar surface area (TPSA) is 62.2 Å². The molecule has 0 amide bonds. The summed E-state index contributed by atoms with van der Waals surface area (Å²) in [6.45, 7) is 11.9. The molecule has 22 heavy (non-hydrogen) atoms. The zero-order chi connectivity index (χ0) is 17.8. The van der Waals surface area contributed by atoms with Gasteiger partial charge in [-0.1, -0.05) is 37.6 Å². The van der Waals surface area contributed by atoms with E-state index < -0.39 is 0 Å². The van der Waals surface area contributed by atoms with Crippen LogP contribution < -0.4 is 5.32 Å². The van der Waals surface area contributed by atoms with Crippen LogP contribution in [-0.2, 0) is 9.53 Å². The minimum absolute atomic E-state index is 0.0417. The average molecular weight is 329 g/mol. The molecule has 0 spiro atoms. The van der Waals surface area contributed by atoms with E-state index in [1.807, 2.05) is 34.6 Å². The van der Waals surface area contributed by atoms with Crippen LogP contribution in [0.1, 0.15) is 47.1 Å². The summed E-state index contributed by atoms with van der Waals surface area (Å²) in [7, 11) is 1.71. The molecule has 2 N–H and O–H groups in total. The SMILES string of the molecule is CC.CC(=N)c1cccc(Cl)c1NCC=O.COC(C)(C)C. The fourth-order valence-electron chi connectivity index (χ4n) is 1.16. The van der Waals surface area contributed by atoms with Gasteiger partial charge < -0.3 is 20.3 Å². The molecule has 0 aliphatic carbocycles. The number of anilines is 1. The lowest BCUT2D eigenvalue weighted by molar-refractivity contribution is -0.106. The maximum atomic E-state index is 10.2. The number of carbonyl (C=O) groups is 1. The van der Waals surface area contributed by atoms with Gasteiger partial charge in [-0.05, 0) is 33.8 Å². The fourth-order valence-corrected chi connectivity index (χ4v) is 1.40. The van der Waals surface area contributed by atoms with Gasteiger partial charge in [-0.3, -0.25) is 0 Å². The molecule has 0 aliphatic heterocycles. The number of nitrogens with one attached hydrogen (secondary N) is 2. The first-order valence-electron chi connectivity index (χ1n) is 7.29. The highest BCUT2D eigenvalue weighted by Gasteiger charge is 2.07. The molecule has 0 saturated heterocycles. The molecule has 0 aliphatic rings. The van der Waals surface area contributed by atoms with Crippen molar-refractivity contribution in [2.45, 2.75) is 47.1 Å². The summed E-state index contributed by atoms with van der Waals surface area (Å²) < 4.78 is 4.94. The van der Waals surface area contributed by atoms with Crippen molar-refractivity contribution in [2.24, 2.45) is 0 Å². The highest BCUT2D eigenvalue weighted by atomic mass is 35.5. The summed E-state index contributed by atoms with van der Waals surface area (Å²) in [4.78, 5) is 10.2. The van der Waals surface area contributed by atoms with Crippen molar-refractivity contribution in [1.29, 1.82) is 5.41 Å². The smallest absolute Gasteiger partial charge is 0.139 e. The van der Waals surface area contributed by atoms with Crippen LogP contribution in [0.25, 0.3) is 0 Å². The van der Waals surface area contributed by atoms with E-state index >= 15 is 0 Å². The highest BCUT2D eigenvalue weighted by molar-refractivity contribution is 6.34. The molecule has 4 nitrogen and oxygen atoms in total. The van der Waals surface area contributed by atoms with Crippen LogP contribution in [0.5, 0.6) is 0 Å². The number of para-hydroxylation sites is 1. The van der Waals surface area contributed by atoms with E-state index in [0.717, 1.165) is 11.8 Å². The van der Waals surface area contributed by atoms with Crippen molar-refractivity contribution in [3.8, 4) is 0 Å². The third-order valence-electron chi connectivity index (χ3n) is 2.39. The maximum Gasteiger partial charge on any atom is 0.139 e. The van der Waals surface area contributed by atoms with Crippen molar-refractivity contribution in [3.05, 3.63) is 28.8 Å². The molecule has 0 heterocycles. The lowest BCUT2D eigenvalue weighted by Gasteiger charge is -2.14. The molecule has 1 aromatic carbocycles. The molecule has 1 rings (SSSR count). The Hall–Kier alpha value is -1.39. The van der Waals surface area contributed by atoms with E-state index in [2.05, 4.69) is 5.32 Å². The van der Waals surface area contributed by atoms with E-state index in [1.54, 1.807) is 32.2 Å². The van der Waals surface area contributed by atoms with Gasteiger partial charge in [0, 0.05) is 18.4 Å². The van der Waals surface area contributed by atoms with Crippen molar-refractivity contribution < 1.29 is 9.53 Å². The normalized spacial score (nSPS) is 9.64. The monoisotopic (exact) mass is 328 g/mol. The molecule has 0 bridgehead atoms. The van der Waals surface area contributed by atoms with Crippen molar-refractivity contribution in [1.82, 2.24) is 0 Å². The molecule has 0 unspecified atom stereocenters. The molecule has 0 saturated carbocycles. The van der Waals surface area contributed by atoms with Crippen LogP contribution in [0.15, 0.2) is 18.2 Å². The van der Waals surface area contributed by atoms with Gasteiger partial charge in [0.05, 0.1) is 22.9 Å². The number of ether oxygens (including phenoxy) is 1. The van der Waals surface area contributed by atoms with Crippen LogP contribution in [0.3, 0.4) is 0 Å². The Bertz CT molecular complexity index is 454. The number of aldehydes is 1. The van der Waals surface area contributed by atoms with E-state index in [9.17, 15) is 4.79 Å². The van der Waals surface area contributed by atoms with Gasteiger partial charge in [-0.15, -0.1) is 0 Å². The molecule has 5 heteroatoms. The minimum Gasteiger partial charge on any atom is -0.379 e. The predicted octanol–water partition coefficient (Wildman–Crippen LogP) is 4.80. The summed E-state index contributed by atoms with van der Waals surface area (Å²) in [5, 5.41) is 10.9. The number of halogens is 1. The van der Waals surface area contributed by atoms with Gasteiger partial charge >= 0.3 is 0 Å². The minimum atomic E-state index is 0.0417. The molecule has 1 aromatic rings. The van der Waals surface area contributed by atoms with Crippen LogP contribution >= 0.6 is 11.6 Å². The van der Waals surface area contributed by atoms with E-state index in [-0.39, 0.29) is 12.1 Å². The molecule has 0 fully saturated rings. The van der Waals surface area contributed by atoms with Crippen LogP contribution in [0.2, 0.25) is 5.02 Å². The van der Waals surface area contributed by atoms with E-state index in [4.69, 9.17) is 21.7 Å². The Balaban J connectivity index is 0. The molecular formula is C17H29ClN2O2. The van der Waals surface area contributed by atoms with Gasteiger partial charge in [0.1, 0.15) is 6.29 Å². The summed E-state index contributed by atoms with van der Waals surface area (Å²) in [5.41, 5.74) is 1.83. The van der Waals surface area contributed by atoms with Gasteiger partial charge in [-0.25, -0.2) is 0 Å². The zero-order valence-corrected chi connectivity index (χ0v) is 15.5. The summed E-state index contributed by atoms with van der Waals surface area (Å²) in [6, 6.07) is 5.30. The van der Waals surface area contributed by atoms with Crippen molar-refractivity contribution in [3.63, 3.8) is 0 Å². The lowest BCUT2D eigenvalue weighted by atomic mass is 10.1. The number of methoxy groups -OCH3 is 1. The maximum absolute atomic E-state index is 10.2. The van der Waals surface area contributed by atoms with Crippen molar-refractivity contribution >= 4 is 29.3 Å². The Morgan fingerprint density at radius 2 is 1.86 bits per heavy atom. The quantitative estimate of drug-likeness (QED) is 0.616. The molecule has 0 aromatic heterocycles. The van der Waals surface area contributed by atoms with Crippen LogP contribution in [-0.4, -0.2) is 31.3 Å². The Morgan fingerprint density at radius 3 is 2.23 bits per heavy atom. The van der Waals surface area contributed by atoms with E-state index in [0.29, 0.717) is 16.4 Å². The van der Waals surface area contributed by atoms with Crippen LogP contribution in [0.4, 0.5) is 5.69 Å². The molecular weight excluding hydrogens is 300 g/mol. The summed E-state index contributed by atoms with van der Waals surface area (Å²) >= 11 is 5.93. The molecule has 0 atom stereocenters. The van der Waals surface area contributed by atoms with Crippen LogP contribution in [0, 0.1) is 5.41 Å².